The topological polar surface area (TPSA) is 74.8 Å². The number of carbonyl (C=O) groups excluding carboxylic acids is 1. The third-order valence-electron chi connectivity index (χ3n) is 6.14. The number of fused-ring (bicyclic) bond motifs is 1. The molecule has 4 atom stereocenters. The molecule has 142 valence electrons. The van der Waals surface area contributed by atoms with Crippen molar-refractivity contribution in [3.05, 3.63) is 59.1 Å². The van der Waals surface area contributed by atoms with Crippen LogP contribution in [0.4, 0.5) is 5.82 Å². The van der Waals surface area contributed by atoms with Gasteiger partial charge in [0.05, 0.1) is 5.69 Å². The molecule has 2 aliphatic rings. The zero-order valence-electron chi connectivity index (χ0n) is 15.6. The van der Waals surface area contributed by atoms with Crippen molar-refractivity contribution in [2.45, 2.75) is 26.3 Å². The molecule has 0 spiro atoms. The van der Waals surface area contributed by atoms with Crippen LogP contribution in [0.25, 0.3) is 11.3 Å². The predicted octanol–water partition coefficient (Wildman–Crippen LogP) is 3.67. The molecule has 0 radical (unpaired) electrons. The van der Waals surface area contributed by atoms with Crippen molar-refractivity contribution in [2.24, 2.45) is 17.8 Å². The first kappa shape index (κ1) is 17.4. The van der Waals surface area contributed by atoms with E-state index in [-0.39, 0.29) is 17.9 Å². The molecular weight excluding hydrogens is 374 g/mol. The summed E-state index contributed by atoms with van der Waals surface area (Å²) in [6.45, 7) is 4.23. The zero-order valence-corrected chi connectivity index (χ0v) is 16.4. The van der Waals surface area contributed by atoms with E-state index >= 15 is 0 Å². The van der Waals surface area contributed by atoms with Crippen molar-refractivity contribution in [1.29, 1.82) is 0 Å². The fraction of sp³-hybridized carbons (Fsp3) is 0.333. The van der Waals surface area contributed by atoms with Gasteiger partial charge in [0.25, 0.3) is 0 Å². The molecule has 2 unspecified atom stereocenters. The molecule has 4 heterocycles. The summed E-state index contributed by atoms with van der Waals surface area (Å²) in [5, 5.41) is 8.10. The Morgan fingerprint density at radius 2 is 2.00 bits per heavy atom. The van der Waals surface area contributed by atoms with E-state index in [0.717, 1.165) is 28.2 Å². The van der Waals surface area contributed by atoms with Gasteiger partial charge in [0, 0.05) is 41.7 Å². The van der Waals surface area contributed by atoms with Gasteiger partial charge in [-0.3, -0.25) is 19.8 Å². The maximum atomic E-state index is 13.3. The summed E-state index contributed by atoms with van der Waals surface area (Å²) in [4.78, 5) is 23.4. The number of halogens is 1. The fourth-order valence-corrected chi connectivity index (χ4v) is 4.76. The minimum absolute atomic E-state index is 0.0385. The van der Waals surface area contributed by atoms with Crippen molar-refractivity contribution in [1.82, 2.24) is 20.2 Å². The summed E-state index contributed by atoms with van der Waals surface area (Å²) < 4.78 is 0. The number of carbonyl (C=O) groups is 1. The van der Waals surface area contributed by atoms with E-state index in [0.29, 0.717) is 23.4 Å². The first-order chi connectivity index (χ1) is 13.6. The van der Waals surface area contributed by atoms with Gasteiger partial charge < -0.3 is 0 Å². The third kappa shape index (κ3) is 2.63. The van der Waals surface area contributed by atoms with E-state index in [9.17, 15) is 4.79 Å². The van der Waals surface area contributed by atoms with Crippen LogP contribution in [0, 0.1) is 24.7 Å². The van der Waals surface area contributed by atoms with E-state index in [4.69, 9.17) is 11.6 Å². The van der Waals surface area contributed by atoms with Gasteiger partial charge in [0.1, 0.15) is 5.15 Å². The normalized spacial score (nSPS) is 25.8. The highest BCUT2D eigenvalue weighted by Gasteiger charge is 2.64. The molecule has 2 fully saturated rings. The second-order valence-electron chi connectivity index (χ2n) is 7.72. The van der Waals surface area contributed by atoms with Crippen LogP contribution >= 0.6 is 11.6 Å². The Labute approximate surface area is 168 Å². The number of anilines is 1. The molecule has 6 nitrogen and oxygen atoms in total. The van der Waals surface area contributed by atoms with Crippen LogP contribution in [0.5, 0.6) is 0 Å². The minimum Gasteiger partial charge on any atom is -0.291 e. The quantitative estimate of drug-likeness (QED) is 0.686. The molecule has 7 heteroatoms. The Balaban J connectivity index is 1.45. The van der Waals surface area contributed by atoms with Crippen molar-refractivity contribution in [3.8, 4) is 11.3 Å². The highest BCUT2D eigenvalue weighted by Crippen LogP contribution is 2.56. The van der Waals surface area contributed by atoms with E-state index in [1.165, 1.54) is 0 Å². The van der Waals surface area contributed by atoms with Crippen LogP contribution in [0.1, 0.15) is 18.1 Å². The monoisotopic (exact) mass is 393 g/mol. The highest BCUT2D eigenvalue weighted by atomic mass is 35.5. The van der Waals surface area contributed by atoms with E-state index in [2.05, 4.69) is 27.1 Å². The Morgan fingerprint density at radius 3 is 2.71 bits per heavy atom. The SMILES string of the molecule is Cc1c(N2C(=O)[C@H](Cc3ccc(Cl)nc3)C3C2[C@H]3C)n[nH]c1-c1ccncc1. The summed E-state index contributed by atoms with van der Waals surface area (Å²) in [5.41, 5.74) is 3.98. The molecular formula is C21H20ClN5O. The van der Waals surface area contributed by atoms with Gasteiger partial charge in [0.2, 0.25) is 5.91 Å². The van der Waals surface area contributed by atoms with Crippen molar-refractivity contribution < 1.29 is 4.79 Å². The molecule has 28 heavy (non-hydrogen) atoms. The standard InChI is InChI=1S/C21H20ClN5O/c1-11-17-15(9-13-3-4-16(22)24-10-13)21(28)27(19(11)17)20-12(2)18(25-26-20)14-5-7-23-8-6-14/h3-8,10-11,15,17,19H,9H2,1-2H3,(H,25,26)/t11-,15+,17?,19?/m0/s1. The van der Waals surface area contributed by atoms with Crippen molar-refractivity contribution in [3.63, 3.8) is 0 Å². The number of piperidine rings is 1. The Morgan fingerprint density at radius 1 is 1.21 bits per heavy atom. The van der Waals surface area contributed by atoms with Crippen LogP contribution in [0.2, 0.25) is 5.15 Å². The Kier molecular flexibility index (Phi) is 3.98. The van der Waals surface area contributed by atoms with Gasteiger partial charge in [0.15, 0.2) is 5.82 Å². The molecule has 1 N–H and O–H groups in total. The van der Waals surface area contributed by atoms with Crippen LogP contribution < -0.4 is 4.90 Å². The number of pyridine rings is 2. The smallest absolute Gasteiger partial charge is 0.232 e. The molecule has 1 amide bonds. The predicted molar refractivity (Wildman–Crippen MR) is 107 cm³/mol. The summed E-state index contributed by atoms with van der Waals surface area (Å²) >= 11 is 5.89. The lowest BCUT2D eigenvalue weighted by molar-refractivity contribution is -0.121. The number of aromatic amines is 1. The summed E-state index contributed by atoms with van der Waals surface area (Å²) in [5.74, 6) is 1.70. The Hall–Kier alpha value is -2.73. The summed E-state index contributed by atoms with van der Waals surface area (Å²) in [6.07, 6.45) is 5.96. The third-order valence-corrected chi connectivity index (χ3v) is 6.37. The lowest BCUT2D eigenvalue weighted by Crippen LogP contribution is -2.35. The number of hydrogen-bond donors (Lipinski definition) is 1. The van der Waals surface area contributed by atoms with E-state index in [1.807, 2.05) is 30.0 Å². The zero-order chi connectivity index (χ0) is 19.4. The van der Waals surface area contributed by atoms with Crippen LogP contribution in [0.3, 0.4) is 0 Å². The van der Waals surface area contributed by atoms with Gasteiger partial charge in [-0.2, -0.15) is 5.10 Å². The van der Waals surface area contributed by atoms with Gasteiger partial charge in [-0.1, -0.05) is 24.6 Å². The average Bonchev–Trinajstić information content (AvgIpc) is 3.04. The summed E-state index contributed by atoms with van der Waals surface area (Å²) in [7, 11) is 0. The molecule has 1 saturated heterocycles. The van der Waals surface area contributed by atoms with Gasteiger partial charge >= 0.3 is 0 Å². The van der Waals surface area contributed by atoms with Crippen molar-refractivity contribution >= 4 is 23.3 Å². The average molecular weight is 394 g/mol. The minimum atomic E-state index is -0.0385. The van der Waals surface area contributed by atoms with Gasteiger partial charge in [-0.25, -0.2) is 4.98 Å². The van der Waals surface area contributed by atoms with E-state index < -0.39 is 0 Å². The molecule has 1 saturated carbocycles. The molecule has 5 rings (SSSR count). The maximum Gasteiger partial charge on any atom is 0.232 e. The van der Waals surface area contributed by atoms with Crippen molar-refractivity contribution in [2.75, 3.05) is 4.90 Å². The van der Waals surface area contributed by atoms with Crippen LogP contribution in [0.15, 0.2) is 42.9 Å². The van der Waals surface area contributed by atoms with Gasteiger partial charge in [-0.15, -0.1) is 0 Å². The molecule has 0 bridgehead atoms. The second kappa shape index (κ2) is 6.41. The summed E-state index contributed by atoms with van der Waals surface area (Å²) in [6, 6.07) is 7.84. The number of nitrogens with one attached hydrogen (secondary N) is 1. The van der Waals surface area contributed by atoms with Gasteiger partial charge in [-0.05, 0) is 48.9 Å². The first-order valence-electron chi connectivity index (χ1n) is 9.45. The molecule has 3 aromatic rings. The molecule has 0 aromatic carbocycles. The lowest BCUT2D eigenvalue weighted by atomic mass is 9.94. The van der Waals surface area contributed by atoms with E-state index in [1.54, 1.807) is 24.7 Å². The maximum absolute atomic E-state index is 13.3. The largest absolute Gasteiger partial charge is 0.291 e. The first-order valence-corrected chi connectivity index (χ1v) is 9.83. The number of rotatable bonds is 4. The fourth-order valence-electron chi connectivity index (χ4n) is 4.65. The number of amides is 1. The number of nitrogens with zero attached hydrogens (tertiary/aromatic N) is 4. The highest BCUT2D eigenvalue weighted by molar-refractivity contribution is 6.29. The lowest BCUT2D eigenvalue weighted by Gasteiger charge is -2.21. The number of hydrogen-bond acceptors (Lipinski definition) is 4. The van der Waals surface area contributed by atoms with Crippen LogP contribution in [-0.2, 0) is 11.2 Å². The Bertz CT molecular complexity index is 1030. The second-order valence-corrected chi connectivity index (χ2v) is 8.11. The number of H-pyrrole nitrogens is 1. The van der Waals surface area contributed by atoms with Crippen LogP contribution in [-0.4, -0.2) is 32.1 Å². The molecule has 1 aliphatic heterocycles. The number of aromatic nitrogens is 4. The molecule has 1 aliphatic carbocycles. The molecule has 3 aromatic heterocycles.